The molecule has 0 saturated carbocycles. The molecule has 0 radical (unpaired) electrons. The molecule has 0 amide bonds. The molecular formula is C16H12O6S. The van der Waals surface area contributed by atoms with Gasteiger partial charge in [0.05, 0.1) is 10.3 Å². The minimum absolute atomic E-state index is 0.0790. The maximum atomic E-state index is 12.2. The van der Waals surface area contributed by atoms with Gasteiger partial charge in [0.25, 0.3) is 0 Å². The molecule has 3 aromatic rings. The van der Waals surface area contributed by atoms with Crippen LogP contribution in [0.5, 0.6) is 11.5 Å². The summed E-state index contributed by atoms with van der Waals surface area (Å²) in [5.74, 6) is -0.742. The molecule has 0 aliphatic rings. The Morgan fingerprint density at radius 1 is 1.00 bits per heavy atom. The normalized spacial score (nSPS) is 11.7. The van der Waals surface area contributed by atoms with Crippen molar-refractivity contribution < 1.29 is 23.0 Å². The van der Waals surface area contributed by atoms with Gasteiger partial charge in [0.1, 0.15) is 11.3 Å². The number of fused-ring (bicyclic) bond motifs is 1. The van der Waals surface area contributed by atoms with Crippen LogP contribution in [-0.2, 0) is 9.84 Å². The van der Waals surface area contributed by atoms with E-state index in [0.717, 1.165) is 6.26 Å². The van der Waals surface area contributed by atoms with E-state index >= 15 is 0 Å². The molecule has 3 rings (SSSR count). The second-order valence-electron chi connectivity index (χ2n) is 5.09. The predicted molar refractivity (Wildman–Crippen MR) is 84.4 cm³/mol. The van der Waals surface area contributed by atoms with Crippen LogP contribution in [0.25, 0.3) is 22.3 Å². The lowest BCUT2D eigenvalue weighted by Crippen LogP contribution is -2.02. The van der Waals surface area contributed by atoms with Crippen molar-refractivity contribution in [3.63, 3.8) is 0 Å². The third kappa shape index (κ3) is 2.66. The molecule has 0 saturated heterocycles. The van der Waals surface area contributed by atoms with Gasteiger partial charge in [-0.1, -0.05) is 0 Å². The van der Waals surface area contributed by atoms with Gasteiger partial charge < -0.3 is 14.6 Å². The van der Waals surface area contributed by atoms with Crippen LogP contribution in [-0.4, -0.2) is 24.9 Å². The number of rotatable bonds is 2. The largest absolute Gasteiger partial charge is 0.508 e. The third-order valence-corrected chi connectivity index (χ3v) is 4.53. The molecule has 2 N–H and O–H groups in total. The predicted octanol–water partition coefficient (Wildman–Crippen LogP) is 2.27. The summed E-state index contributed by atoms with van der Waals surface area (Å²) in [7, 11) is -3.35. The fourth-order valence-corrected chi connectivity index (χ4v) is 2.85. The Balaban J connectivity index is 2.24. The molecule has 0 unspecified atom stereocenters. The zero-order valence-corrected chi connectivity index (χ0v) is 12.8. The van der Waals surface area contributed by atoms with E-state index in [1.165, 1.54) is 42.5 Å². The first kappa shape index (κ1) is 15.1. The average molecular weight is 332 g/mol. The van der Waals surface area contributed by atoms with E-state index in [9.17, 15) is 23.4 Å². The summed E-state index contributed by atoms with van der Waals surface area (Å²) in [5.41, 5.74) is -0.166. The minimum atomic E-state index is -3.35. The number of sulfone groups is 1. The molecule has 0 spiro atoms. The zero-order valence-electron chi connectivity index (χ0n) is 12.0. The lowest BCUT2D eigenvalue weighted by Gasteiger charge is -2.07. The Morgan fingerprint density at radius 2 is 1.65 bits per heavy atom. The van der Waals surface area contributed by atoms with Gasteiger partial charge in [-0.2, -0.15) is 0 Å². The summed E-state index contributed by atoms with van der Waals surface area (Å²) in [6.45, 7) is 0. The summed E-state index contributed by atoms with van der Waals surface area (Å²) in [4.78, 5) is 12.3. The number of benzene rings is 2. The standard InChI is InChI=1S/C16H12O6S/c1-23(20,21)11-5-2-9(3-6-11)16-15(19)14(18)12-7-4-10(17)8-13(12)22-16/h2-8,17,19H,1H3. The quantitative estimate of drug-likeness (QED) is 0.746. The van der Waals surface area contributed by atoms with Gasteiger partial charge in [0.15, 0.2) is 15.6 Å². The molecule has 0 fully saturated rings. The van der Waals surface area contributed by atoms with E-state index in [-0.39, 0.29) is 27.4 Å². The van der Waals surface area contributed by atoms with Crippen molar-refractivity contribution in [2.24, 2.45) is 0 Å². The van der Waals surface area contributed by atoms with Gasteiger partial charge in [-0.05, 0) is 36.4 Å². The Bertz CT molecular complexity index is 1060. The van der Waals surface area contributed by atoms with Crippen molar-refractivity contribution in [1.82, 2.24) is 0 Å². The lowest BCUT2D eigenvalue weighted by molar-refractivity contribution is 0.447. The Hall–Kier alpha value is -2.80. The van der Waals surface area contributed by atoms with Crippen LogP contribution in [0.4, 0.5) is 0 Å². The van der Waals surface area contributed by atoms with Crippen LogP contribution in [0.2, 0.25) is 0 Å². The van der Waals surface area contributed by atoms with Gasteiger partial charge in [0, 0.05) is 17.9 Å². The fourth-order valence-electron chi connectivity index (χ4n) is 2.22. The Labute approximate surface area is 131 Å². The Morgan fingerprint density at radius 3 is 2.26 bits per heavy atom. The summed E-state index contributed by atoms with van der Waals surface area (Å²) >= 11 is 0. The summed E-state index contributed by atoms with van der Waals surface area (Å²) in [5, 5.41) is 19.7. The molecule has 1 heterocycles. The molecule has 0 bridgehead atoms. The van der Waals surface area contributed by atoms with E-state index in [1.54, 1.807) is 0 Å². The lowest BCUT2D eigenvalue weighted by atomic mass is 10.1. The van der Waals surface area contributed by atoms with Crippen LogP contribution in [0.15, 0.2) is 56.6 Å². The molecule has 1 aromatic heterocycles. The van der Waals surface area contributed by atoms with E-state index in [4.69, 9.17) is 4.42 Å². The Kier molecular flexibility index (Phi) is 3.37. The summed E-state index contributed by atoms with van der Waals surface area (Å²) < 4.78 is 28.4. The third-order valence-electron chi connectivity index (χ3n) is 3.40. The van der Waals surface area contributed by atoms with Crippen molar-refractivity contribution in [2.45, 2.75) is 4.90 Å². The first-order valence-corrected chi connectivity index (χ1v) is 8.46. The van der Waals surface area contributed by atoms with Crippen molar-refractivity contribution in [1.29, 1.82) is 0 Å². The fraction of sp³-hybridized carbons (Fsp3) is 0.0625. The van der Waals surface area contributed by atoms with Gasteiger partial charge in [-0.25, -0.2) is 8.42 Å². The molecule has 6 nitrogen and oxygen atoms in total. The molecule has 0 aliphatic heterocycles. The monoisotopic (exact) mass is 332 g/mol. The van der Waals surface area contributed by atoms with Crippen LogP contribution >= 0.6 is 0 Å². The van der Waals surface area contributed by atoms with Gasteiger partial charge in [0.2, 0.25) is 11.2 Å². The highest BCUT2D eigenvalue weighted by molar-refractivity contribution is 7.90. The van der Waals surface area contributed by atoms with Crippen LogP contribution < -0.4 is 5.43 Å². The SMILES string of the molecule is CS(=O)(=O)c1ccc(-c2oc3cc(O)ccc3c(=O)c2O)cc1. The smallest absolute Gasteiger partial charge is 0.235 e. The molecule has 2 aromatic carbocycles. The molecule has 118 valence electrons. The molecule has 0 aliphatic carbocycles. The van der Waals surface area contributed by atoms with Crippen molar-refractivity contribution in [2.75, 3.05) is 6.26 Å². The van der Waals surface area contributed by atoms with Crippen molar-refractivity contribution in [3.05, 3.63) is 52.7 Å². The summed E-state index contributed by atoms with van der Waals surface area (Å²) in [6.07, 6.45) is 1.08. The highest BCUT2D eigenvalue weighted by Gasteiger charge is 2.16. The maximum absolute atomic E-state index is 12.2. The maximum Gasteiger partial charge on any atom is 0.235 e. The van der Waals surface area contributed by atoms with Crippen LogP contribution in [0.1, 0.15) is 0 Å². The van der Waals surface area contributed by atoms with Gasteiger partial charge in [-0.15, -0.1) is 0 Å². The highest BCUT2D eigenvalue weighted by atomic mass is 32.2. The number of phenolic OH excluding ortho intramolecular Hbond substituents is 1. The molecule has 23 heavy (non-hydrogen) atoms. The highest BCUT2D eigenvalue weighted by Crippen LogP contribution is 2.31. The molecule has 0 atom stereocenters. The van der Waals surface area contributed by atoms with Gasteiger partial charge >= 0.3 is 0 Å². The molecular weight excluding hydrogens is 320 g/mol. The second kappa shape index (κ2) is 5.13. The molecule has 7 heteroatoms. The number of hydrogen-bond acceptors (Lipinski definition) is 6. The average Bonchev–Trinajstić information content (AvgIpc) is 2.50. The topological polar surface area (TPSA) is 105 Å². The summed E-state index contributed by atoms with van der Waals surface area (Å²) in [6, 6.07) is 9.52. The van der Waals surface area contributed by atoms with Crippen molar-refractivity contribution in [3.8, 4) is 22.8 Å². The van der Waals surface area contributed by atoms with Gasteiger partial charge in [-0.3, -0.25) is 4.79 Å². The second-order valence-corrected chi connectivity index (χ2v) is 7.10. The first-order valence-electron chi connectivity index (χ1n) is 6.56. The first-order chi connectivity index (χ1) is 10.8. The van der Waals surface area contributed by atoms with E-state index in [1.807, 2.05) is 0 Å². The van der Waals surface area contributed by atoms with E-state index in [0.29, 0.717) is 5.56 Å². The number of hydrogen-bond donors (Lipinski definition) is 2. The number of phenols is 1. The van der Waals surface area contributed by atoms with E-state index < -0.39 is 21.0 Å². The minimum Gasteiger partial charge on any atom is -0.508 e. The zero-order chi connectivity index (χ0) is 16.8. The van der Waals surface area contributed by atoms with Crippen molar-refractivity contribution >= 4 is 20.8 Å². The van der Waals surface area contributed by atoms with Crippen LogP contribution in [0.3, 0.4) is 0 Å². The van der Waals surface area contributed by atoms with Crippen LogP contribution in [0, 0.1) is 0 Å². The van der Waals surface area contributed by atoms with E-state index in [2.05, 4.69) is 0 Å². The number of aromatic hydroxyl groups is 2.